The molecular formula is C33H21BrF3N3O5S2. The zero-order valence-corrected chi connectivity index (χ0v) is 27.1. The van der Waals surface area contributed by atoms with Crippen molar-refractivity contribution in [1.29, 1.82) is 0 Å². The fourth-order valence-electron chi connectivity index (χ4n) is 5.93. The summed E-state index contributed by atoms with van der Waals surface area (Å²) in [5, 5.41) is 4.13. The first kappa shape index (κ1) is 31.2. The molecule has 47 heavy (non-hydrogen) atoms. The highest BCUT2D eigenvalue weighted by Gasteiger charge is 2.57. The predicted octanol–water partition coefficient (Wildman–Crippen LogP) is 7.18. The lowest BCUT2D eigenvalue weighted by Crippen LogP contribution is -2.32. The van der Waals surface area contributed by atoms with Crippen LogP contribution >= 0.6 is 39.0 Å². The highest BCUT2D eigenvalue weighted by molar-refractivity contribution is 9.10. The minimum Gasteiger partial charge on any atom is -0.483 e. The summed E-state index contributed by atoms with van der Waals surface area (Å²) >= 11 is 5.33. The molecule has 7 rings (SSSR count). The van der Waals surface area contributed by atoms with Crippen LogP contribution in [-0.2, 0) is 20.6 Å². The van der Waals surface area contributed by atoms with Crippen LogP contribution in [-0.4, -0.2) is 34.6 Å². The number of aromatic nitrogens is 1. The van der Waals surface area contributed by atoms with Gasteiger partial charge in [0.2, 0.25) is 11.8 Å². The molecule has 2 N–H and O–H groups in total. The molecule has 5 aromatic rings. The fourth-order valence-corrected chi connectivity index (χ4v) is 8.81. The van der Waals surface area contributed by atoms with Gasteiger partial charge in [0, 0.05) is 26.5 Å². The molecule has 1 fully saturated rings. The van der Waals surface area contributed by atoms with Gasteiger partial charge < -0.3 is 15.0 Å². The maximum Gasteiger partial charge on any atom is 0.416 e. The Morgan fingerprint density at radius 1 is 0.936 bits per heavy atom. The number of thioether (sulfide) groups is 1. The van der Waals surface area contributed by atoms with Crippen LogP contribution < -0.4 is 19.8 Å². The van der Waals surface area contributed by atoms with Crippen molar-refractivity contribution in [3.05, 3.63) is 115 Å². The number of aromatic amines is 1. The van der Waals surface area contributed by atoms with Gasteiger partial charge in [0.25, 0.3) is 5.91 Å². The van der Waals surface area contributed by atoms with Crippen LogP contribution in [0.1, 0.15) is 21.9 Å². The molecule has 3 heterocycles. The summed E-state index contributed by atoms with van der Waals surface area (Å²) in [6.45, 7) is -0.392. The number of hydrogen-bond acceptors (Lipinski definition) is 7. The largest absolute Gasteiger partial charge is 0.483 e. The number of carbonyl (C=O) groups excluding carboxylic acids is 3. The van der Waals surface area contributed by atoms with Gasteiger partial charge >= 0.3 is 11.0 Å². The number of halogens is 4. The number of imide groups is 1. The number of rotatable bonds is 6. The number of alkyl halides is 3. The summed E-state index contributed by atoms with van der Waals surface area (Å²) in [6, 6.07) is 22.3. The number of nitrogens with zero attached hydrogens (tertiary/aromatic N) is 1. The lowest BCUT2D eigenvalue weighted by molar-refractivity contribution is -0.137. The molecule has 0 aliphatic carbocycles. The van der Waals surface area contributed by atoms with Crippen molar-refractivity contribution in [2.75, 3.05) is 16.8 Å². The Labute approximate surface area is 281 Å². The van der Waals surface area contributed by atoms with Crippen LogP contribution in [0.3, 0.4) is 0 Å². The van der Waals surface area contributed by atoms with Crippen molar-refractivity contribution < 1.29 is 32.3 Å². The van der Waals surface area contributed by atoms with Gasteiger partial charge in [-0.25, -0.2) is 4.90 Å². The fraction of sp³-hybridized carbons (Fsp3) is 0.152. The number of amides is 3. The Hall–Kier alpha value is -4.40. The second-order valence-corrected chi connectivity index (χ2v) is 14.0. The molecule has 1 aromatic heterocycles. The first-order chi connectivity index (χ1) is 22.5. The Morgan fingerprint density at radius 2 is 1.72 bits per heavy atom. The molecule has 3 amide bonds. The Kier molecular flexibility index (Phi) is 7.97. The number of ether oxygens (including phenoxy) is 1. The second-order valence-electron chi connectivity index (χ2n) is 10.9. The molecule has 0 unspecified atom stereocenters. The highest BCUT2D eigenvalue weighted by Crippen LogP contribution is 2.55. The molecule has 2 aliphatic rings. The van der Waals surface area contributed by atoms with E-state index in [4.69, 9.17) is 4.74 Å². The Bertz CT molecular complexity index is 2150. The number of thiazole rings is 1. The SMILES string of the molecule is O=C(COc1ccc(Br)cc1[C@@H]1c2sc(=O)[nH]c2S[C@H]2C(=O)N(c3cccc(C(F)(F)F)c3)C(=O)[C@@H]12)Nc1ccc2ccccc2c1. The average molecular weight is 741 g/mol. The minimum atomic E-state index is -4.68. The normalized spacial score (nSPS) is 19.1. The quantitative estimate of drug-likeness (QED) is 0.179. The number of benzene rings is 4. The Morgan fingerprint density at radius 3 is 2.51 bits per heavy atom. The summed E-state index contributed by atoms with van der Waals surface area (Å²) in [7, 11) is 0. The summed E-state index contributed by atoms with van der Waals surface area (Å²) in [6.07, 6.45) is -4.68. The van der Waals surface area contributed by atoms with Crippen LogP contribution in [0.15, 0.2) is 99.2 Å². The van der Waals surface area contributed by atoms with Gasteiger partial charge in [-0.2, -0.15) is 13.2 Å². The van der Waals surface area contributed by atoms with E-state index in [9.17, 15) is 32.3 Å². The third kappa shape index (κ3) is 5.85. The van der Waals surface area contributed by atoms with Crippen molar-refractivity contribution in [3.8, 4) is 5.75 Å². The van der Waals surface area contributed by atoms with Crippen molar-refractivity contribution in [3.63, 3.8) is 0 Å². The number of hydrogen-bond donors (Lipinski definition) is 2. The van der Waals surface area contributed by atoms with Crippen LogP contribution in [0.2, 0.25) is 0 Å². The molecule has 2 aliphatic heterocycles. The first-order valence-corrected chi connectivity index (χ1v) is 16.6. The molecule has 8 nitrogen and oxygen atoms in total. The predicted molar refractivity (Wildman–Crippen MR) is 176 cm³/mol. The lowest BCUT2D eigenvalue weighted by atomic mass is 9.82. The third-order valence-corrected chi connectivity index (χ3v) is 10.8. The van der Waals surface area contributed by atoms with Gasteiger partial charge in [-0.15, -0.1) is 0 Å². The van der Waals surface area contributed by atoms with E-state index in [0.29, 0.717) is 25.6 Å². The van der Waals surface area contributed by atoms with Crippen LogP contribution in [0, 0.1) is 5.92 Å². The van der Waals surface area contributed by atoms with Crippen molar-refractivity contribution in [2.24, 2.45) is 5.92 Å². The monoisotopic (exact) mass is 739 g/mol. The summed E-state index contributed by atoms with van der Waals surface area (Å²) < 4.78 is 47.2. The van der Waals surface area contributed by atoms with Crippen LogP contribution in [0.4, 0.5) is 24.5 Å². The number of nitrogens with one attached hydrogen (secondary N) is 2. The van der Waals surface area contributed by atoms with Gasteiger partial charge in [0.15, 0.2) is 6.61 Å². The van der Waals surface area contributed by atoms with Crippen LogP contribution in [0.25, 0.3) is 10.8 Å². The summed E-state index contributed by atoms with van der Waals surface area (Å²) in [5.41, 5.74) is -0.192. The molecule has 1 saturated heterocycles. The van der Waals surface area contributed by atoms with E-state index >= 15 is 0 Å². The van der Waals surface area contributed by atoms with E-state index in [1.54, 1.807) is 24.3 Å². The van der Waals surface area contributed by atoms with E-state index in [1.165, 1.54) is 6.07 Å². The Balaban J connectivity index is 1.22. The molecule has 0 saturated carbocycles. The standard InChI is InChI=1S/C33H21BrF3N3O5S2/c34-19-9-11-23(45-15-24(41)38-20-10-8-16-4-1-2-5-17(16)12-20)22(14-19)25-26-28(46-29-27(25)47-32(44)39-29)31(43)40(30(26)42)21-7-3-6-18(13-21)33(35,36)37/h1-14,25-26,28H,15H2,(H,38,41)(H,39,44)/t25-,26-,28+/m0/s1. The lowest BCUT2D eigenvalue weighted by Gasteiger charge is -2.31. The van der Waals surface area contributed by atoms with Crippen LogP contribution in [0.5, 0.6) is 5.75 Å². The number of anilines is 2. The number of fused-ring (bicyclic) bond motifs is 3. The average Bonchev–Trinajstić information content (AvgIpc) is 3.53. The maximum absolute atomic E-state index is 14.1. The number of carbonyl (C=O) groups is 3. The molecule has 0 radical (unpaired) electrons. The van der Waals surface area contributed by atoms with Gasteiger partial charge in [-0.05, 0) is 59.3 Å². The molecule has 3 atom stereocenters. The molecule has 4 aromatic carbocycles. The number of H-pyrrole nitrogens is 1. The van der Waals surface area contributed by atoms with E-state index in [2.05, 4.69) is 26.2 Å². The third-order valence-electron chi connectivity index (χ3n) is 7.95. The maximum atomic E-state index is 14.1. The highest BCUT2D eigenvalue weighted by atomic mass is 79.9. The first-order valence-electron chi connectivity index (χ1n) is 14.1. The van der Waals surface area contributed by atoms with E-state index in [0.717, 1.165) is 57.0 Å². The second kappa shape index (κ2) is 12.0. The van der Waals surface area contributed by atoms with E-state index in [1.807, 2.05) is 36.4 Å². The van der Waals surface area contributed by atoms with E-state index < -0.39 is 58.0 Å². The van der Waals surface area contributed by atoms with Gasteiger partial charge in [0.1, 0.15) is 11.0 Å². The van der Waals surface area contributed by atoms with E-state index in [-0.39, 0.29) is 11.4 Å². The smallest absolute Gasteiger partial charge is 0.416 e. The molecular weight excluding hydrogens is 719 g/mol. The zero-order valence-electron chi connectivity index (χ0n) is 23.8. The molecule has 0 bridgehead atoms. The van der Waals surface area contributed by atoms with Gasteiger partial charge in [-0.1, -0.05) is 75.4 Å². The van der Waals surface area contributed by atoms with Gasteiger partial charge in [0.05, 0.1) is 22.2 Å². The van der Waals surface area contributed by atoms with Crippen molar-refractivity contribution in [1.82, 2.24) is 4.98 Å². The molecule has 14 heteroatoms. The summed E-state index contributed by atoms with van der Waals surface area (Å²) in [4.78, 5) is 56.9. The van der Waals surface area contributed by atoms with Gasteiger partial charge in [-0.3, -0.25) is 19.2 Å². The molecule has 238 valence electrons. The topological polar surface area (TPSA) is 109 Å². The molecule has 0 spiro atoms. The zero-order chi connectivity index (χ0) is 33.0. The summed E-state index contributed by atoms with van der Waals surface area (Å²) in [5.74, 6) is -3.57. The van der Waals surface area contributed by atoms with Crippen molar-refractivity contribution in [2.45, 2.75) is 22.4 Å². The minimum absolute atomic E-state index is 0.198. The van der Waals surface area contributed by atoms with Crippen molar-refractivity contribution >= 4 is 78.9 Å².